The fourth-order valence-electron chi connectivity index (χ4n) is 2.61. The monoisotopic (exact) mass is 261 g/mol. The van der Waals surface area contributed by atoms with Crippen LogP contribution in [0.25, 0.3) is 0 Å². The first-order chi connectivity index (χ1) is 9.20. The van der Waals surface area contributed by atoms with Crippen LogP contribution in [0.4, 0.5) is 0 Å². The zero-order valence-corrected chi connectivity index (χ0v) is 11.9. The van der Waals surface area contributed by atoms with Crippen LogP contribution in [-0.4, -0.2) is 25.5 Å². The van der Waals surface area contributed by atoms with Gasteiger partial charge in [-0.2, -0.15) is 0 Å². The molecule has 0 radical (unpaired) electrons. The summed E-state index contributed by atoms with van der Waals surface area (Å²) in [5, 5.41) is 3.33. The van der Waals surface area contributed by atoms with Crippen LogP contribution >= 0.6 is 0 Å². The van der Waals surface area contributed by atoms with Gasteiger partial charge < -0.3 is 10.1 Å². The number of hydrogen-bond donors (Lipinski definition) is 1. The summed E-state index contributed by atoms with van der Waals surface area (Å²) in [7, 11) is 0. The van der Waals surface area contributed by atoms with Crippen molar-refractivity contribution in [2.45, 2.75) is 33.1 Å². The number of hydrogen-bond acceptors (Lipinski definition) is 3. The van der Waals surface area contributed by atoms with E-state index in [-0.39, 0.29) is 5.78 Å². The zero-order chi connectivity index (χ0) is 13.7. The first-order valence-electron chi connectivity index (χ1n) is 7.18. The zero-order valence-electron chi connectivity index (χ0n) is 11.9. The largest absolute Gasteiger partial charge is 0.494 e. The molecule has 0 unspecified atom stereocenters. The molecule has 1 aliphatic rings. The Balaban J connectivity index is 2.00. The minimum absolute atomic E-state index is 0.262. The second-order valence-electron chi connectivity index (χ2n) is 5.23. The SMILES string of the molecule is CCOc1ccc(C(=O)CC2CCNCC2)cc1C. The van der Waals surface area contributed by atoms with Crippen molar-refractivity contribution in [3.05, 3.63) is 29.3 Å². The molecule has 104 valence electrons. The summed E-state index contributed by atoms with van der Waals surface area (Å²) in [5.74, 6) is 1.68. The summed E-state index contributed by atoms with van der Waals surface area (Å²) in [5.41, 5.74) is 1.86. The van der Waals surface area contributed by atoms with Crippen LogP contribution in [0.2, 0.25) is 0 Å². The average molecular weight is 261 g/mol. The Kier molecular flexibility index (Phi) is 4.97. The number of Topliss-reactive ketones (excluding diaryl/α,β-unsaturated/α-hetero) is 1. The third kappa shape index (κ3) is 3.80. The third-order valence-electron chi connectivity index (χ3n) is 3.73. The van der Waals surface area contributed by atoms with Crippen molar-refractivity contribution in [1.82, 2.24) is 5.32 Å². The Morgan fingerprint density at radius 3 is 2.74 bits per heavy atom. The van der Waals surface area contributed by atoms with E-state index in [4.69, 9.17) is 4.74 Å². The first-order valence-corrected chi connectivity index (χ1v) is 7.18. The highest BCUT2D eigenvalue weighted by Gasteiger charge is 2.18. The van der Waals surface area contributed by atoms with E-state index in [0.29, 0.717) is 18.9 Å². The normalized spacial score (nSPS) is 16.3. The summed E-state index contributed by atoms with van der Waals surface area (Å²) in [4.78, 5) is 12.3. The number of carbonyl (C=O) groups excluding carboxylic acids is 1. The maximum absolute atomic E-state index is 12.3. The Morgan fingerprint density at radius 1 is 1.37 bits per heavy atom. The lowest BCUT2D eigenvalue weighted by Gasteiger charge is -2.21. The molecule has 0 atom stereocenters. The summed E-state index contributed by atoms with van der Waals surface area (Å²) >= 11 is 0. The van der Waals surface area contributed by atoms with Gasteiger partial charge in [-0.3, -0.25) is 4.79 Å². The number of rotatable bonds is 5. The van der Waals surface area contributed by atoms with Gasteiger partial charge in [0.15, 0.2) is 5.78 Å². The van der Waals surface area contributed by atoms with Crippen LogP contribution in [-0.2, 0) is 0 Å². The van der Waals surface area contributed by atoms with Gasteiger partial charge in [-0.05, 0) is 69.5 Å². The minimum Gasteiger partial charge on any atom is -0.494 e. The van der Waals surface area contributed by atoms with Crippen molar-refractivity contribution in [2.75, 3.05) is 19.7 Å². The van der Waals surface area contributed by atoms with Gasteiger partial charge in [0.2, 0.25) is 0 Å². The van der Waals surface area contributed by atoms with Crippen molar-refractivity contribution in [3.8, 4) is 5.75 Å². The molecule has 0 amide bonds. The summed E-state index contributed by atoms with van der Waals surface area (Å²) < 4.78 is 5.50. The van der Waals surface area contributed by atoms with Crippen molar-refractivity contribution in [2.24, 2.45) is 5.92 Å². The van der Waals surface area contributed by atoms with Gasteiger partial charge >= 0.3 is 0 Å². The van der Waals surface area contributed by atoms with Crippen molar-refractivity contribution >= 4 is 5.78 Å². The number of piperidine rings is 1. The van der Waals surface area contributed by atoms with Gasteiger partial charge in [0, 0.05) is 12.0 Å². The van der Waals surface area contributed by atoms with Gasteiger partial charge in [-0.1, -0.05) is 0 Å². The number of aryl methyl sites for hydroxylation is 1. The molecule has 0 aliphatic carbocycles. The maximum Gasteiger partial charge on any atom is 0.163 e. The van der Waals surface area contributed by atoms with E-state index >= 15 is 0 Å². The smallest absolute Gasteiger partial charge is 0.163 e. The number of carbonyl (C=O) groups is 1. The molecule has 0 spiro atoms. The predicted molar refractivity (Wildman–Crippen MR) is 76.9 cm³/mol. The molecule has 1 fully saturated rings. The van der Waals surface area contributed by atoms with Gasteiger partial charge in [0.1, 0.15) is 5.75 Å². The quantitative estimate of drug-likeness (QED) is 0.828. The van der Waals surface area contributed by atoms with Crippen LogP contribution in [0.15, 0.2) is 18.2 Å². The summed E-state index contributed by atoms with van der Waals surface area (Å²) in [6.45, 7) is 6.70. The molecule has 2 rings (SSSR count). The lowest BCUT2D eigenvalue weighted by molar-refractivity contribution is 0.0952. The van der Waals surface area contributed by atoms with Crippen LogP contribution < -0.4 is 10.1 Å². The molecular weight excluding hydrogens is 238 g/mol. The third-order valence-corrected chi connectivity index (χ3v) is 3.73. The Bertz CT molecular complexity index is 436. The van der Waals surface area contributed by atoms with E-state index in [1.807, 2.05) is 32.0 Å². The van der Waals surface area contributed by atoms with Crippen LogP contribution in [0, 0.1) is 12.8 Å². The maximum atomic E-state index is 12.3. The molecule has 3 nitrogen and oxygen atoms in total. The van der Waals surface area contributed by atoms with E-state index in [1.165, 1.54) is 0 Å². The molecule has 0 aromatic heterocycles. The topological polar surface area (TPSA) is 38.3 Å². The highest BCUT2D eigenvalue weighted by atomic mass is 16.5. The molecule has 0 bridgehead atoms. The van der Waals surface area contributed by atoms with Crippen molar-refractivity contribution in [3.63, 3.8) is 0 Å². The van der Waals surface area contributed by atoms with E-state index in [1.54, 1.807) is 0 Å². The minimum atomic E-state index is 0.262. The number of ketones is 1. The molecule has 1 aromatic carbocycles. The predicted octanol–water partition coefficient (Wildman–Crippen LogP) is 2.97. The van der Waals surface area contributed by atoms with Crippen molar-refractivity contribution < 1.29 is 9.53 Å². The van der Waals surface area contributed by atoms with Crippen molar-refractivity contribution in [1.29, 1.82) is 0 Å². The van der Waals surface area contributed by atoms with E-state index in [2.05, 4.69) is 5.32 Å². The number of ether oxygens (including phenoxy) is 1. The molecule has 1 aromatic rings. The summed E-state index contributed by atoms with van der Waals surface area (Å²) in [6.07, 6.45) is 2.90. The fraction of sp³-hybridized carbons (Fsp3) is 0.562. The van der Waals surface area contributed by atoms with Gasteiger partial charge in [0.25, 0.3) is 0 Å². The van der Waals surface area contributed by atoms with Gasteiger partial charge in [-0.15, -0.1) is 0 Å². The molecule has 1 saturated heterocycles. The Morgan fingerprint density at radius 2 is 2.11 bits per heavy atom. The fourth-order valence-corrected chi connectivity index (χ4v) is 2.61. The molecule has 1 aliphatic heterocycles. The molecule has 0 saturated carbocycles. The van der Waals surface area contributed by atoms with Crippen LogP contribution in [0.5, 0.6) is 5.75 Å². The van der Waals surface area contributed by atoms with Gasteiger partial charge in [0.05, 0.1) is 6.61 Å². The van der Waals surface area contributed by atoms with E-state index < -0.39 is 0 Å². The highest BCUT2D eigenvalue weighted by Crippen LogP contribution is 2.23. The molecule has 1 N–H and O–H groups in total. The Hall–Kier alpha value is -1.35. The first kappa shape index (κ1) is 14.1. The van der Waals surface area contributed by atoms with Gasteiger partial charge in [-0.25, -0.2) is 0 Å². The van der Waals surface area contributed by atoms with E-state index in [0.717, 1.165) is 42.8 Å². The lowest BCUT2D eigenvalue weighted by atomic mass is 9.90. The second kappa shape index (κ2) is 6.71. The molecule has 1 heterocycles. The highest BCUT2D eigenvalue weighted by molar-refractivity contribution is 5.96. The Labute approximate surface area is 115 Å². The lowest BCUT2D eigenvalue weighted by Crippen LogP contribution is -2.28. The number of benzene rings is 1. The van der Waals surface area contributed by atoms with E-state index in [9.17, 15) is 4.79 Å². The van der Waals surface area contributed by atoms with Crippen LogP contribution in [0.3, 0.4) is 0 Å². The standard InChI is InChI=1S/C16H23NO2/c1-3-19-16-5-4-14(10-12(16)2)15(18)11-13-6-8-17-9-7-13/h4-5,10,13,17H,3,6-9,11H2,1-2H3. The van der Waals surface area contributed by atoms with Crippen LogP contribution in [0.1, 0.15) is 42.1 Å². The number of nitrogens with one attached hydrogen (secondary N) is 1. The second-order valence-corrected chi connectivity index (χ2v) is 5.23. The summed E-state index contributed by atoms with van der Waals surface area (Å²) in [6, 6.07) is 5.75. The average Bonchev–Trinajstić information content (AvgIpc) is 2.42. The molecular formula is C16H23NO2. The molecule has 19 heavy (non-hydrogen) atoms. The molecule has 3 heteroatoms.